The highest BCUT2D eigenvalue weighted by Crippen LogP contribution is 2.40. The predicted octanol–water partition coefficient (Wildman–Crippen LogP) is 13.1. The molecule has 0 aliphatic carbocycles. The number of rotatable bonds is 8. The van der Waals surface area contributed by atoms with Crippen LogP contribution >= 0.6 is 0 Å². The topological polar surface area (TPSA) is 38.5 Å². The van der Waals surface area contributed by atoms with E-state index >= 15 is 0 Å². The van der Waals surface area contributed by atoms with Gasteiger partial charge >= 0.3 is 0 Å². The number of hydrogen-bond donors (Lipinski definition) is 1. The molecule has 0 fully saturated rings. The van der Waals surface area contributed by atoms with Gasteiger partial charge in [0.1, 0.15) is 12.4 Å². The van der Waals surface area contributed by atoms with E-state index in [0.717, 1.165) is 55.3 Å². The first-order valence-electron chi connectivity index (χ1n) is 17.6. The van der Waals surface area contributed by atoms with Crippen LogP contribution in [-0.4, -0.2) is 0 Å². The summed E-state index contributed by atoms with van der Waals surface area (Å²) >= 11 is 0. The molecule has 0 unspecified atom stereocenters. The maximum atomic E-state index is 6.78. The fourth-order valence-corrected chi connectivity index (χ4v) is 7.20. The standard InChI is InChI=1S/C49H36N2O/c50-49-47(52-33-34-9-3-1-4-10-34)30-23-39-15-16-42-31-41(22-29-46(42)48(39)49)38-19-26-44(27-20-38)51(45-28-21-36-13-7-8-14-40(36)32-45)43-24-17-37(18-25-43)35-11-5-2-6-12-35/h1-32H,33,50H2. The molecule has 9 aromatic carbocycles. The van der Waals surface area contributed by atoms with E-state index in [9.17, 15) is 0 Å². The molecule has 2 N–H and O–H groups in total. The van der Waals surface area contributed by atoms with Crippen molar-refractivity contribution in [3.05, 3.63) is 200 Å². The summed E-state index contributed by atoms with van der Waals surface area (Å²) in [5, 5.41) is 6.80. The Morgan fingerprint density at radius 2 is 0.942 bits per heavy atom. The number of benzene rings is 9. The summed E-state index contributed by atoms with van der Waals surface area (Å²) < 4.78 is 6.19. The molecule has 0 atom stereocenters. The van der Waals surface area contributed by atoms with Crippen LogP contribution in [0.2, 0.25) is 0 Å². The second kappa shape index (κ2) is 13.5. The number of fused-ring (bicyclic) bond motifs is 4. The van der Waals surface area contributed by atoms with Gasteiger partial charge in [0, 0.05) is 22.4 Å². The summed E-state index contributed by atoms with van der Waals surface area (Å²) in [6, 6.07) is 68.6. The number of ether oxygens (including phenoxy) is 1. The average Bonchev–Trinajstić information content (AvgIpc) is 3.21. The average molecular weight is 669 g/mol. The summed E-state index contributed by atoms with van der Waals surface area (Å²) in [6.45, 7) is 0.471. The molecule has 0 amide bonds. The van der Waals surface area contributed by atoms with Crippen molar-refractivity contribution in [2.75, 3.05) is 10.6 Å². The van der Waals surface area contributed by atoms with Crippen molar-refractivity contribution in [3.63, 3.8) is 0 Å². The fourth-order valence-electron chi connectivity index (χ4n) is 7.20. The van der Waals surface area contributed by atoms with Crippen LogP contribution in [0.15, 0.2) is 194 Å². The maximum Gasteiger partial charge on any atom is 0.143 e. The highest BCUT2D eigenvalue weighted by molar-refractivity contribution is 6.14. The molecule has 248 valence electrons. The molecule has 0 aliphatic heterocycles. The molecule has 0 spiro atoms. The van der Waals surface area contributed by atoms with Gasteiger partial charge in [-0.1, -0.05) is 146 Å². The summed E-state index contributed by atoms with van der Waals surface area (Å²) in [7, 11) is 0. The van der Waals surface area contributed by atoms with Crippen molar-refractivity contribution in [2.24, 2.45) is 0 Å². The van der Waals surface area contributed by atoms with E-state index in [4.69, 9.17) is 10.5 Å². The van der Waals surface area contributed by atoms with Crippen LogP contribution in [0.1, 0.15) is 5.56 Å². The van der Waals surface area contributed by atoms with Gasteiger partial charge in [-0.3, -0.25) is 0 Å². The Hall–Kier alpha value is -6.84. The van der Waals surface area contributed by atoms with Crippen LogP contribution in [0.25, 0.3) is 54.6 Å². The number of nitrogens with two attached hydrogens (primary N) is 1. The Morgan fingerprint density at radius 1 is 0.404 bits per heavy atom. The molecule has 9 rings (SSSR count). The Bertz CT molecular complexity index is 2670. The molecule has 3 heteroatoms. The molecule has 0 saturated carbocycles. The minimum absolute atomic E-state index is 0.471. The third-order valence-electron chi connectivity index (χ3n) is 9.92. The van der Waals surface area contributed by atoms with Crippen molar-refractivity contribution in [1.82, 2.24) is 0 Å². The Kier molecular flexibility index (Phi) is 8.07. The molecule has 52 heavy (non-hydrogen) atoms. The molecule has 0 aromatic heterocycles. The summed E-state index contributed by atoms with van der Waals surface area (Å²) in [5.41, 5.74) is 16.6. The Morgan fingerprint density at radius 3 is 1.67 bits per heavy atom. The molecular weight excluding hydrogens is 633 g/mol. The minimum Gasteiger partial charge on any atom is -0.487 e. The van der Waals surface area contributed by atoms with Gasteiger partial charge in [-0.05, 0) is 103 Å². The van der Waals surface area contributed by atoms with Gasteiger partial charge in [0.2, 0.25) is 0 Å². The summed E-state index contributed by atoms with van der Waals surface area (Å²) in [6.07, 6.45) is 0. The zero-order chi connectivity index (χ0) is 34.9. The van der Waals surface area contributed by atoms with E-state index in [0.29, 0.717) is 18.0 Å². The lowest BCUT2D eigenvalue weighted by atomic mass is 9.96. The number of nitrogens with zero attached hydrogens (tertiary/aromatic N) is 1. The normalized spacial score (nSPS) is 11.2. The SMILES string of the molecule is Nc1c(OCc2ccccc2)ccc2ccc3cc(-c4ccc(N(c5ccc(-c6ccccc6)cc5)c5ccc6ccccc6c5)cc4)ccc3c12. The smallest absolute Gasteiger partial charge is 0.143 e. The van der Waals surface area contributed by atoms with Crippen molar-refractivity contribution >= 4 is 55.1 Å². The molecule has 0 radical (unpaired) electrons. The monoisotopic (exact) mass is 668 g/mol. The predicted molar refractivity (Wildman–Crippen MR) is 220 cm³/mol. The second-order valence-corrected chi connectivity index (χ2v) is 13.2. The molecule has 0 heterocycles. The molecule has 0 bridgehead atoms. The van der Waals surface area contributed by atoms with Gasteiger partial charge in [0.25, 0.3) is 0 Å². The largest absolute Gasteiger partial charge is 0.487 e. The van der Waals surface area contributed by atoms with Crippen LogP contribution < -0.4 is 15.4 Å². The lowest BCUT2D eigenvalue weighted by Gasteiger charge is -2.26. The van der Waals surface area contributed by atoms with Crippen LogP contribution in [0.3, 0.4) is 0 Å². The molecule has 3 nitrogen and oxygen atoms in total. The zero-order valence-corrected chi connectivity index (χ0v) is 28.6. The van der Waals surface area contributed by atoms with Gasteiger partial charge in [-0.25, -0.2) is 0 Å². The van der Waals surface area contributed by atoms with Crippen LogP contribution in [0.5, 0.6) is 5.75 Å². The lowest BCUT2D eigenvalue weighted by molar-refractivity contribution is 0.308. The summed E-state index contributed by atoms with van der Waals surface area (Å²) in [4.78, 5) is 2.33. The third kappa shape index (κ3) is 5.99. The van der Waals surface area contributed by atoms with Gasteiger partial charge in [-0.2, -0.15) is 0 Å². The second-order valence-electron chi connectivity index (χ2n) is 13.2. The minimum atomic E-state index is 0.471. The molecule has 0 aliphatic rings. The molecule has 0 saturated heterocycles. The van der Waals surface area contributed by atoms with Crippen molar-refractivity contribution in [3.8, 4) is 28.0 Å². The quantitative estimate of drug-likeness (QED) is 0.129. The molecule has 9 aromatic rings. The van der Waals surface area contributed by atoms with Gasteiger partial charge < -0.3 is 15.4 Å². The fraction of sp³-hybridized carbons (Fsp3) is 0.0204. The van der Waals surface area contributed by atoms with Crippen LogP contribution in [0.4, 0.5) is 22.7 Å². The summed E-state index contributed by atoms with van der Waals surface area (Å²) in [5.74, 6) is 0.703. The van der Waals surface area contributed by atoms with Crippen LogP contribution in [-0.2, 0) is 6.61 Å². The van der Waals surface area contributed by atoms with Crippen molar-refractivity contribution in [2.45, 2.75) is 6.61 Å². The van der Waals surface area contributed by atoms with E-state index in [1.807, 2.05) is 24.3 Å². The number of anilines is 4. The van der Waals surface area contributed by atoms with Crippen molar-refractivity contribution < 1.29 is 4.74 Å². The van der Waals surface area contributed by atoms with E-state index in [-0.39, 0.29) is 0 Å². The van der Waals surface area contributed by atoms with E-state index in [1.54, 1.807) is 0 Å². The van der Waals surface area contributed by atoms with Gasteiger partial charge in [0.05, 0.1) is 5.69 Å². The first kappa shape index (κ1) is 31.2. The van der Waals surface area contributed by atoms with Crippen molar-refractivity contribution in [1.29, 1.82) is 0 Å². The maximum absolute atomic E-state index is 6.78. The number of nitrogen functional groups attached to an aromatic ring is 1. The first-order chi connectivity index (χ1) is 25.7. The Labute approximate surface area is 303 Å². The van der Waals surface area contributed by atoms with E-state index < -0.39 is 0 Å². The lowest BCUT2D eigenvalue weighted by Crippen LogP contribution is -2.09. The van der Waals surface area contributed by atoms with Crippen LogP contribution in [0, 0.1) is 0 Å². The highest BCUT2D eigenvalue weighted by atomic mass is 16.5. The third-order valence-corrected chi connectivity index (χ3v) is 9.92. The zero-order valence-electron chi connectivity index (χ0n) is 28.6. The highest BCUT2D eigenvalue weighted by Gasteiger charge is 2.15. The van der Waals surface area contributed by atoms with E-state index in [2.05, 4.69) is 175 Å². The first-order valence-corrected chi connectivity index (χ1v) is 17.6. The van der Waals surface area contributed by atoms with Gasteiger partial charge in [-0.15, -0.1) is 0 Å². The Balaban J connectivity index is 1.05. The molecular formula is C49H36N2O. The van der Waals surface area contributed by atoms with E-state index in [1.165, 1.54) is 21.9 Å². The van der Waals surface area contributed by atoms with Gasteiger partial charge in [0.15, 0.2) is 0 Å². The number of hydrogen-bond acceptors (Lipinski definition) is 3.